The summed E-state index contributed by atoms with van der Waals surface area (Å²) in [6.45, 7) is -0.147. The first kappa shape index (κ1) is 13.8. The molecule has 0 aliphatic carbocycles. The molecule has 0 radical (unpaired) electrons. The number of benzene rings is 1. The number of carbonyl (C=O) groups excluding carboxylic acids is 1. The van der Waals surface area contributed by atoms with Crippen LogP contribution in [0.3, 0.4) is 0 Å². The predicted molar refractivity (Wildman–Crippen MR) is 58.6 cm³/mol. The molecule has 0 heterocycles. The topological polar surface area (TPSA) is 29.1 Å². The van der Waals surface area contributed by atoms with Crippen molar-refractivity contribution in [1.29, 1.82) is 0 Å². The molecule has 1 rings (SSSR count). The van der Waals surface area contributed by atoms with Crippen molar-refractivity contribution in [3.05, 3.63) is 35.4 Å². The van der Waals surface area contributed by atoms with Gasteiger partial charge in [-0.3, -0.25) is 4.79 Å². The molecule has 0 saturated heterocycles. The minimum absolute atomic E-state index is 0.0444. The first-order chi connectivity index (χ1) is 7.95. The third-order valence-electron chi connectivity index (χ3n) is 2.12. The van der Waals surface area contributed by atoms with Crippen molar-refractivity contribution in [3.63, 3.8) is 0 Å². The molecule has 17 heavy (non-hydrogen) atoms. The van der Waals surface area contributed by atoms with Crippen LogP contribution in [0.1, 0.15) is 17.5 Å². The Morgan fingerprint density at radius 3 is 2.53 bits per heavy atom. The van der Waals surface area contributed by atoms with Crippen LogP contribution in [0.5, 0.6) is 0 Å². The Bertz CT molecular complexity index is 393. The zero-order valence-electron chi connectivity index (χ0n) is 8.85. The second-order valence-electron chi connectivity index (χ2n) is 3.37. The lowest BCUT2D eigenvalue weighted by atomic mass is 10.1. The van der Waals surface area contributed by atoms with Crippen LogP contribution in [-0.4, -0.2) is 11.8 Å². The van der Waals surface area contributed by atoms with E-state index in [4.69, 9.17) is 11.6 Å². The first-order valence-corrected chi connectivity index (χ1v) is 5.46. The second kappa shape index (κ2) is 5.91. The maximum Gasteiger partial charge on any atom is 0.416 e. The number of halogens is 4. The summed E-state index contributed by atoms with van der Waals surface area (Å²) in [5, 5.41) is 2.39. The Labute approximate surface area is 102 Å². The van der Waals surface area contributed by atoms with Crippen LogP contribution in [0.25, 0.3) is 0 Å². The summed E-state index contributed by atoms with van der Waals surface area (Å²) in [5.74, 6) is -0.218. The van der Waals surface area contributed by atoms with Gasteiger partial charge in [-0.05, 0) is 11.6 Å². The van der Waals surface area contributed by atoms with Crippen molar-refractivity contribution in [2.24, 2.45) is 0 Å². The largest absolute Gasteiger partial charge is 0.416 e. The van der Waals surface area contributed by atoms with Crippen LogP contribution >= 0.6 is 11.6 Å². The van der Waals surface area contributed by atoms with Gasteiger partial charge in [-0.25, -0.2) is 0 Å². The van der Waals surface area contributed by atoms with Gasteiger partial charge in [-0.1, -0.05) is 18.2 Å². The SMILES string of the molecule is O=C(CCCl)NCc1ccccc1C(F)(F)F. The van der Waals surface area contributed by atoms with Gasteiger partial charge in [0.2, 0.25) is 5.91 Å². The fraction of sp³-hybridized carbons (Fsp3) is 0.364. The monoisotopic (exact) mass is 265 g/mol. The van der Waals surface area contributed by atoms with E-state index in [9.17, 15) is 18.0 Å². The van der Waals surface area contributed by atoms with Crippen LogP contribution in [0.2, 0.25) is 0 Å². The Hall–Kier alpha value is -1.23. The minimum Gasteiger partial charge on any atom is -0.352 e. The third-order valence-corrected chi connectivity index (χ3v) is 2.31. The smallest absolute Gasteiger partial charge is 0.352 e. The summed E-state index contributed by atoms with van der Waals surface area (Å²) in [6.07, 6.45) is -4.32. The molecule has 1 N–H and O–H groups in total. The molecule has 0 bridgehead atoms. The highest BCUT2D eigenvalue weighted by molar-refractivity contribution is 6.18. The van der Waals surface area contributed by atoms with Gasteiger partial charge >= 0.3 is 6.18 Å². The van der Waals surface area contributed by atoms with Crippen molar-refractivity contribution in [1.82, 2.24) is 5.32 Å². The van der Waals surface area contributed by atoms with Gasteiger partial charge in [0, 0.05) is 18.8 Å². The average Bonchev–Trinajstić information content (AvgIpc) is 2.26. The Morgan fingerprint density at radius 2 is 1.94 bits per heavy atom. The zero-order chi connectivity index (χ0) is 12.9. The molecule has 94 valence electrons. The number of alkyl halides is 4. The molecule has 1 amide bonds. The number of hydrogen-bond acceptors (Lipinski definition) is 1. The molecular weight excluding hydrogens is 255 g/mol. The summed E-state index contributed by atoms with van der Waals surface area (Å²) in [7, 11) is 0. The molecule has 2 nitrogen and oxygen atoms in total. The number of amides is 1. The second-order valence-corrected chi connectivity index (χ2v) is 3.75. The van der Waals surface area contributed by atoms with Gasteiger partial charge in [0.05, 0.1) is 5.56 Å². The van der Waals surface area contributed by atoms with Gasteiger partial charge in [0.1, 0.15) is 0 Å². The molecule has 0 unspecified atom stereocenters. The van der Waals surface area contributed by atoms with Crippen LogP contribution in [0, 0.1) is 0 Å². The molecule has 0 spiro atoms. The van der Waals surface area contributed by atoms with E-state index in [0.29, 0.717) is 0 Å². The van der Waals surface area contributed by atoms with Crippen LogP contribution in [0.4, 0.5) is 13.2 Å². The lowest BCUT2D eigenvalue weighted by Crippen LogP contribution is -2.24. The maximum absolute atomic E-state index is 12.6. The fourth-order valence-corrected chi connectivity index (χ4v) is 1.49. The summed E-state index contributed by atoms with van der Waals surface area (Å²) in [5.41, 5.74) is -0.686. The van der Waals surface area contributed by atoms with E-state index in [1.54, 1.807) is 0 Å². The minimum atomic E-state index is -4.41. The molecule has 0 aliphatic rings. The van der Waals surface area contributed by atoms with Gasteiger partial charge in [-0.2, -0.15) is 13.2 Å². The van der Waals surface area contributed by atoms with Crippen LogP contribution < -0.4 is 5.32 Å². The summed E-state index contributed by atoms with van der Waals surface area (Å²) >= 11 is 5.34. The van der Waals surface area contributed by atoms with E-state index < -0.39 is 11.7 Å². The van der Waals surface area contributed by atoms with E-state index >= 15 is 0 Å². The molecule has 1 aromatic rings. The van der Waals surface area contributed by atoms with Crippen molar-refractivity contribution >= 4 is 17.5 Å². The number of rotatable bonds is 4. The molecular formula is C11H11ClF3NO. The van der Waals surface area contributed by atoms with Crippen molar-refractivity contribution < 1.29 is 18.0 Å². The lowest BCUT2D eigenvalue weighted by molar-refractivity contribution is -0.138. The highest BCUT2D eigenvalue weighted by Crippen LogP contribution is 2.31. The lowest BCUT2D eigenvalue weighted by Gasteiger charge is -2.12. The number of carbonyl (C=O) groups is 1. The Kier molecular flexibility index (Phi) is 4.81. The molecule has 0 saturated carbocycles. The Balaban J connectivity index is 2.74. The zero-order valence-corrected chi connectivity index (χ0v) is 9.61. The van der Waals surface area contributed by atoms with Crippen molar-refractivity contribution in [2.75, 3.05) is 5.88 Å². The van der Waals surface area contributed by atoms with E-state index in [0.717, 1.165) is 6.07 Å². The molecule has 0 aliphatic heterocycles. The number of nitrogens with one attached hydrogen (secondary N) is 1. The highest BCUT2D eigenvalue weighted by atomic mass is 35.5. The van der Waals surface area contributed by atoms with Crippen molar-refractivity contribution in [3.8, 4) is 0 Å². The standard InChI is InChI=1S/C11H11ClF3NO/c12-6-5-10(17)16-7-8-3-1-2-4-9(8)11(13,14)15/h1-4H,5-7H2,(H,16,17). The predicted octanol–water partition coefficient (Wildman–Crippen LogP) is 2.95. The van der Waals surface area contributed by atoms with E-state index in [1.165, 1.54) is 18.2 Å². The fourth-order valence-electron chi connectivity index (χ4n) is 1.32. The summed E-state index contributed by atoms with van der Waals surface area (Å²) in [4.78, 5) is 11.1. The van der Waals surface area contributed by atoms with Gasteiger partial charge in [0.25, 0.3) is 0 Å². The quantitative estimate of drug-likeness (QED) is 0.833. The van der Waals surface area contributed by atoms with Crippen LogP contribution in [-0.2, 0) is 17.5 Å². The summed E-state index contributed by atoms with van der Waals surface area (Å²) in [6, 6.07) is 5.14. The maximum atomic E-state index is 12.6. The highest BCUT2D eigenvalue weighted by Gasteiger charge is 2.32. The third kappa shape index (κ3) is 4.26. The van der Waals surface area contributed by atoms with Gasteiger partial charge in [0.15, 0.2) is 0 Å². The molecule has 1 aromatic carbocycles. The average molecular weight is 266 g/mol. The Morgan fingerprint density at radius 1 is 1.29 bits per heavy atom. The van der Waals surface area contributed by atoms with E-state index in [-0.39, 0.29) is 30.3 Å². The molecule has 0 fully saturated rings. The van der Waals surface area contributed by atoms with E-state index in [1.807, 2.05) is 0 Å². The van der Waals surface area contributed by atoms with Gasteiger partial charge in [-0.15, -0.1) is 11.6 Å². The molecule has 6 heteroatoms. The summed E-state index contributed by atoms with van der Waals surface area (Å²) < 4.78 is 37.8. The van der Waals surface area contributed by atoms with Crippen LogP contribution in [0.15, 0.2) is 24.3 Å². The first-order valence-electron chi connectivity index (χ1n) is 4.93. The van der Waals surface area contributed by atoms with Gasteiger partial charge < -0.3 is 5.32 Å². The van der Waals surface area contributed by atoms with Crippen molar-refractivity contribution in [2.45, 2.75) is 19.1 Å². The normalized spacial score (nSPS) is 11.3. The van der Waals surface area contributed by atoms with E-state index in [2.05, 4.69) is 5.32 Å². The number of hydrogen-bond donors (Lipinski definition) is 1. The molecule has 0 aromatic heterocycles. The molecule has 0 atom stereocenters.